The average molecular weight is 390 g/mol. The number of fused-ring (bicyclic) bond motifs is 1. The fourth-order valence-electron chi connectivity index (χ4n) is 3.43. The molecule has 1 aromatic rings. The summed E-state index contributed by atoms with van der Waals surface area (Å²) < 4.78 is 0. The van der Waals surface area contributed by atoms with Crippen molar-refractivity contribution in [3.63, 3.8) is 0 Å². The van der Waals surface area contributed by atoms with Crippen molar-refractivity contribution in [3.05, 3.63) is 29.3 Å². The molecule has 0 aliphatic carbocycles. The molecule has 1 aliphatic heterocycles. The summed E-state index contributed by atoms with van der Waals surface area (Å²) in [7, 11) is 2.03. The fraction of sp³-hybridized carbons (Fsp3) is 0.550. The van der Waals surface area contributed by atoms with Crippen LogP contribution in [0.2, 0.25) is 0 Å². The molecule has 28 heavy (non-hydrogen) atoms. The molecular formula is C20H30N4O4. The Morgan fingerprint density at radius 1 is 1.32 bits per heavy atom. The van der Waals surface area contributed by atoms with Gasteiger partial charge < -0.3 is 4.90 Å². The third-order valence-corrected chi connectivity index (χ3v) is 5.05. The fourth-order valence-corrected chi connectivity index (χ4v) is 3.43. The Bertz CT molecular complexity index is 695. The van der Waals surface area contributed by atoms with Crippen LogP contribution in [-0.4, -0.2) is 48.6 Å². The van der Waals surface area contributed by atoms with Gasteiger partial charge >= 0.3 is 0 Å². The zero-order valence-corrected chi connectivity index (χ0v) is 16.6. The summed E-state index contributed by atoms with van der Waals surface area (Å²) in [4.78, 5) is 37.7. The normalized spacial score (nSPS) is 14.0. The standard InChI is InChI=1S/C20H30N4O4/c1-3-4-5-7-17(13-24(28)14-25)20(27)22-21-19(26)16-9-10-18-15(12-16)8-6-11-23(18)2/h9-10,12,14,17,28H,3-8,11,13H2,1-2H3,(H,21,26)(H,22,27)/t17-/m1/s1. The summed E-state index contributed by atoms with van der Waals surface area (Å²) in [6.45, 7) is 2.94. The van der Waals surface area contributed by atoms with Crippen molar-refractivity contribution in [2.45, 2.75) is 45.4 Å². The number of nitrogens with zero attached hydrogens (tertiary/aromatic N) is 2. The lowest BCUT2D eigenvalue weighted by Crippen LogP contribution is -2.46. The Hall–Kier alpha value is -2.61. The number of carbonyl (C=O) groups excluding carboxylic acids is 3. The van der Waals surface area contributed by atoms with Gasteiger partial charge in [-0.15, -0.1) is 0 Å². The first-order valence-electron chi connectivity index (χ1n) is 9.81. The molecule has 0 fully saturated rings. The number of hydrogen-bond donors (Lipinski definition) is 3. The zero-order chi connectivity index (χ0) is 20.5. The van der Waals surface area contributed by atoms with Crippen molar-refractivity contribution in [2.24, 2.45) is 5.92 Å². The van der Waals surface area contributed by atoms with Gasteiger partial charge in [0.25, 0.3) is 5.91 Å². The van der Waals surface area contributed by atoms with E-state index in [0.717, 1.165) is 49.9 Å². The molecule has 0 bridgehead atoms. The maximum Gasteiger partial charge on any atom is 0.269 e. The highest BCUT2D eigenvalue weighted by Crippen LogP contribution is 2.26. The van der Waals surface area contributed by atoms with Crippen molar-refractivity contribution in [1.29, 1.82) is 0 Å². The molecule has 3 amide bonds. The SMILES string of the molecule is CCCCC[C@H](CN(O)C=O)C(=O)NNC(=O)c1ccc2c(c1)CCCN2C. The van der Waals surface area contributed by atoms with Gasteiger partial charge in [0.1, 0.15) is 0 Å². The third-order valence-electron chi connectivity index (χ3n) is 5.05. The number of hydrogen-bond acceptors (Lipinski definition) is 5. The number of benzene rings is 1. The Morgan fingerprint density at radius 2 is 2.11 bits per heavy atom. The molecule has 0 unspecified atom stereocenters. The largest absolute Gasteiger partial charge is 0.374 e. The van der Waals surface area contributed by atoms with Crippen LogP contribution in [0.25, 0.3) is 0 Å². The molecule has 154 valence electrons. The topological polar surface area (TPSA) is 102 Å². The van der Waals surface area contributed by atoms with E-state index < -0.39 is 17.7 Å². The summed E-state index contributed by atoms with van der Waals surface area (Å²) in [5.74, 6) is -1.42. The summed E-state index contributed by atoms with van der Waals surface area (Å²) in [6, 6.07) is 5.52. The lowest BCUT2D eigenvalue weighted by molar-refractivity contribution is -0.154. The summed E-state index contributed by atoms with van der Waals surface area (Å²) in [5, 5.41) is 9.87. The first kappa shape index (κ1) is 21.7. The predicted molar refractivity (Wildman–Crippen MR) is 106 cm³/mol. The minimum atomic E-state index is -0.598. The van der Waals surface area contributed by atoms with Gasteiger partial charge in [0.15, 0.2) is 0 Å². The molecule has 1 aliphatic rings. The van der Waals surface area contributed by atoms with Crippen LogP contribution in [0.15, 0.2) is 18.2 Å². The number of rotatable bonds is 9. The number of amides is 3. The lowest BCUT2D eigenvalue weighted by atomic mass is 9.99. The lowest BCUT2D eigenvalue weighted by Gasteiger charge is -2.27. The molecular weight excluding hydrogens is 360 g/mol. The zero-order valence-electron chi connectivity index (χ0n) is 16.6. The van der Waals surface area contributed by atoms with E-state index in [9.17, 15) is 19.6 Å². The van der Waals surface area contributed by atoms with E-state index in [2.05, 4.69) is 22.7 Å². The van der Waals surface area contributed by atoms with Crippen molar-refractivity contribution >= 4 is 23.9 Å². The van der Waals surface area contributed by atoms with Crippen molar-refractivity contribution in [2.75, 3.05) is 25.0 Å². The molecule has 0 radical (unpaired) electrons. The van der Waals surface area contributed by atoms with Crippen molar-refractivity contribution in [3.8, 4) is 0 Å². The molecule has 3 N–H and O–H groups in total. The van der Waals surface area contributed by atoms with Crippen LogP contribution in [0.1, 0.15) is 54.9 Å². The smallest absolute Gasteiger partial charge is 0.269 e. The van der Waals surface area contributed by atoms with E-state index in [0.29, 0.717) is 17.0 Å². The molecule has 1 atom stereocenters. The quantitative estimate of drug-likeness (QED) is 0.259. The number of carbonyl (C=O) groups is 3. The van der Waals surface area contributed by atoms with E-state index >= 15 is 0 Å². The van der Waals surface area contributed by atoms with E-state index in [-0.39, 0.29) is 13.0 Å². The highest BCUT2D eigenvalue weighted by atomic mass is 16.5. The average Bonchev–Trinajstić information content (AvgIpc) is 2.70. The molecule has 0 spiro atoms. The number of aryl methyl sites for hydroxylation is 1. The van der Waals surface area contributed by atoms with Crippen LogP contribution < -0.4 is 15.8 Å². The summed E-state index contributed by atoms with van der Waals surface area (Å²) >= 11 is 0. The first-order valence-corrected chi connectivity index (χ1v) is 9.81. The minimum Gasteiger partial charge on any atom is -0.374 e. The van der Waals surface area contributed by atoms with Crippen LogP contribution in [0.4, 0.5) is 5.69 Å². The number of anilines is 1. The third kappa shape index (κ3) is 5.95. The molecule has 0 aromatic heterocycles. The van der Waals surface area contributed by atoms with E-state index in [1.165, 1.54) is 0 Å². The predicted octanol–water partition coefficient (Wildman–Crippen LogP) is 1.87. The van der Waals surface area contributed by atoms with Gasteiger partial charge in [-0.1, -0.05) is 26.2 Å². The van der Waals surface area contributed by atoms with Gasteiger partial charge in [-0.2, -0.15) is 0 Å². The molecule has 8 nitrogen and oxygen atoms in total. The highest BCUT2D eigenvalue weighted by Gasteiger charge is 2.22. The molecule has 1 heterocycles. The van der Waals surface area contributed by atoms with Crippen molar-refractivity contribution < 1.29 is 19.6 Å². The maximum atomic E-state index is 12.4. The van der Waals surface area contributed by atoms with E-state index in [4.69, 9.17) is 0 Å². The van der Waals surface area contributed by atoms with Crippen LogP contribution in [-0.2, 0) is 16.0 Å². The van der Waals surface area contributed by atoms with Crippen LogP contribution in [0.5, 0.6) is 0 Å². The minimum absolute atomic E-state index is 0.111. The van der Waals surface area contributed by atoms with Crippen LogP contribution in [0.3, 0.4) is 0 Å². The van der Waals surface area contributed by atoms with Gasteiger partial charge in [0.2, 0.25) is 12.3 Å². The molecule has 0 saturated carbocycles. The summed E-state index contributed by atoms with van der Waals surface area (Å²) in [6.07, 6.45) is 5.49. The maximum absolute atomic E-state index is 12.4. The monoisotopic (exact) mass is 390 g/mol. The van der Waals surface area contributed by atoms with Gasteiger partial charge in [0.05, 0.1) is 12.5 Å². The molecule has 8 heteroatoms. The van der Waals surface area contributed by atoms with Crippen LogP contribution >= 0.6 is 0 Å². The second-order valence-electron chi connectivity index (χ2n) is 7.23. The number of hydrazine groups is 1. The van der Waals surface area contributed by atoms with Gasteiger partial charge in [-0.05, 0) is 43.0 Å². The summed E-state index contributed by atoms with van der Waals surface area (Å²) in [5.41, 5.74) is 7.58. The Kier molecular flexibility index (Phi) is 8.25. The van der Waals surface area contributed by atoms with Gasteiger partial charge in [-0.25, -0.2) is 5.06 Å². The number of nitrogens with one attached hydrogen (secondary N) is 2. The molecule has 0 saturated heterocycles. The number of hydroxylamine groups is 2. The first-order chi connectivity index (χ1) is 13.5. The van der Waals surface area contributed by atoms with Gasteiger partial charge in [0, 0.05) is 24.8 Å². The van der Waals surface area contributed by atoms with Crippen LogP contribution in [0, 0.1) is 5.92 Å². The number of unbranched alkanes of at least 4 members (excludes halogenated alkanes) is 2. The van der Waals surface area contributed by atoms with E-state index in [1.807, 2.05) is 19.2 Å². The second kappa shape index (κ2) is 10.7. The Morgan fingerprint density at radius 3 is 2.82 bits per heavy atom. The second-order valence-corrected chi connectivity index (χ2v) is 7.23. The van der Waals surface area contributed by atoms with Crippen molar-refractivity contribution in [1.82, 2.24) is 15.9 Å². The molecule has 1 aromatic carbocycles. The highest BCUT2D eigenvalue weighted by molar-refractivity contribution is 5.96. The Labute approximate surface area is 165 Å². The molecule has 2 rings (SSSR count). The van der Waals surface area contributed by atoms with E-state index in [1.54, 1.807) is 6.07 Å². The van der Waals surface area contributed by atoms with Gasteiger partial charge in [-0.3, -0.25) is 30.4 Å². The Balaban J connectivity index is 1.95.